The predicted molar refractivity (Wildman–Crippen MR) is 130 cm³/mol. The summed E-state index contributed by atoms with van der Waals surface area (Å²) in [5.74, 6) is -0.279. The Morgan fingerprint density at radius 1 is 1.14 bits per heavy atom. The molecular weight excluding hydrogens is 494 g/mol. The fraction of sp³-hybridized carbons (Fsp3) is 0.400. The molecule has 0 radical (unpaired) electrons. The molecular formula is C25H26ClNO7S. The number of amides is 2. The molecule has 1 N–H and O–H groups in total. The normalized spacial score (nSPS) is 22.8. The Labute approximate surface area is 212 Å². The van der Waals surface area contributed by atoms with E-state index < -0.39 is 23.6 Å². The van der Waals surface area contributed by atoms with Crippen LogP contribution in [0.1, 0.15) is 31.1 Å². The van der Waals surface area contributed by atoms with Crippen molar-refractivity contribution >= 4 is 40.5 Å². The van der Waals surface area contributed by atoms with Crippen molar-refractivity contribution in [2.45, 2.75) is 37.9 Å². The summed E-state index contributed by atoms with van der Waals surface area (Å²) in [6, 6.07) is 14.4. The molecule has 186 valence electrons. The third kappa shape index (κ3) is 6.98. The highest BCUT2D eigenvalue weighted by atomic mass is 35.5. The Morgan fingerprint density at radius 2 is 1.91 bits per heavy atom. The standard InChI is InChI=1S/C25H26ClNO7S/c1-25(2)13-32-22(29)23(33-14-25)34-19(16-4-3-5-17(26)11-16)12-31-18-8-6-15(7-9-18)10-20-21(28)27-24(30)35-20/h3-9,11,19-20,23H,10,12-14H2,1-2H3,(H,27,28,30). The zero-order valence-corrected chi connectivity index (χ0v) is 20.9. The first-order valence-corrected chi connectivity index (χ1v) is 12.4. The summed E-state index contributed by atoms with van der Waals surface area (Å²) in [5, 5.41) is 2.06. The third-order valence-corrected chi connectivity index (χ3v) is 6.66. The van der Waals surface area contributed by atoms with E-state index in [1.54, 1.807) is 30.3 Å². The molecule has 35 heavy (non-hydrogen) atoms. The van der Waals surface area contributed by atoms with Gasteiger partial charge in [-0.1, -0.05) is 61.5 Å². The van der Waals surface area contributed by atoms with Gasteiger partial charge in [0, 0.05) is 10.4 Å². The van der Waals surface area contributed by atoms with Gasteiger partial charge in [-0.2, -0.15) is 0 Å². The number of hydrogen-bond donors (Lipinski definition) is 1. The third-order valence-electron chi connectivity index (χ3n) is 5.44. The minimum Gasteiger partial charge on any atom is -0.491 e. The van der Waals surface area contributed by atoms with E-state index in [-0.39, 0.29) is 29.8 Å². The second kappa shape index (κ2) is 11.0. The van der Waals surface area contributed by atoms with Crippen LogP contribution in [-0.4, -0.2) is 48.5 Å². The first-order valence-electron chi connectivity index (χ1n) is 11.1. The van der Waals surface area contributed by atoms with Gasteiger partial charge in [-0.05, 0) is 41.8 Å². The summed E-state index contributed by atoms with van der Waals surface area (Å²) in [5.41, 5.74) is 1.31. The second-order valence-corrected chi connectivity index (χ2v) is 10.7. The summed E-state index contributed by atoms with van der Waals surface area (Å²) in [4.78, 5) is 35.6. The number of carbonyl (C=O) groups is 3. The zero-order chi connectivity index (χ0) is 25.0. The molecule has 2 aromatic carbocycles. The smallest absolute Gasteiger partial charge is 0.363 e. The fourth-order valence-corrected chi connectivity index (χ4v) is 4.60. The van der Waals surface area contributed by atoms with Gasteiger partial charge in [0.1, 0.15) is 18.5 Å². The van der Waals surface area contributed by atoms with Crippen LogP contribution in [-0.2, 0) is 30.2 Å². The summed E-state index contributed by atoms with van der Waals surface area (Å²) in [6.07, 6.45) is -1.41. The molecule has 2 amide bonds. The molecule has 2 aliphatic rings. The molecule has 2 saturated heterocycles. The molecule has 4 rings (SSSR count). The summed E-state index contributed by atoms with van der Waals surface area (Å²) < 4.78 is 23.0. The van der Waals surface area contributed by atoms with E-state index in [0.29, 0.717) is 23.8 Å². The number of halogens is 1. The molecule has 3 atom stereocenters. The largest absolute Gasteiger partial charge is 0.491 e. The summed E-state index contributed by atoms with van der Waals surface area (Å²) in [7, 11) is 0. The van der Waals surface area contributed by atoms with Crippen LogP contribution < -0.4 is 10.1 Å². The first kappa shape index (κ1) is 25.5. The van der Waals surface area contributed by atoms with Gasteiger partial charge in [0.2, 0.25) is 5.91 Å². The lowest BCUT2D eigenvalue weighted by molar-refractivity contribution is -0.203. The molecule has 2 fully saturated rings. The number of ether oxygens (including phenoxy) is 4. The fourth-order valence-electron chi connectivity index (χ4n) is 3.55. The molecule has 2 heterocycles. The van der Waals surface area contributed by atoms with Gasteiger partial charge in [-0.25, -0.2) is 4.79 Å². The van der Waals surface area contributed by atoms with Gasteiger partial charge in [-0.15, -0.1) is 0 Å². The number of imide groups is 1. The van der Waals surface area contributed by atoms with Crippen LogP contribution in [0.4, 0.5) is 4.79 Å². The van der Waals surface area contributed by atoms with E-state index in [9.17, 15) is 14.4 Å². The number of rotatable bonds is 8. The van der Waals surface area contributed by atoms with Crippen LogP contribution in [0, 0.1) is 5.41 Å². The van der Waals surface area contributed by atoms with Crippen LogP contribution in [0.5, 0.6) is 5.75 Å². The molecule has 10 heteroatoms. The van der Waals surface area contributed by atoms with Gasteiger partial charge in [0.15, 0.2) is 0 Å². The van der Waals surface area contributed by atoms with Crippen LogP contribution >= 0.6 is 23.4 Å². The maximum atomic E-state index is 12.4. The molecule has 0 bridgehead atoms. The lowest BCUT2D eigenvalue weighted by atomic mass is 9.97. The SMILES string of the molecule is CC1(C)COC(=O)C(OC(COc2ccc(CC3SC(=O)NC3=O)cc2)c2cccc(Cl)c2)OC1. The van der Waals surface area contributed by atoms with Crippen molar-refractivity contribution in [3.05, 3.63) is 64.7 Å². The topological polar surface area (TPSA) is 100 Å². The van der Waals surface area contributed by atoms with Crippen molar-refractivity contribution in [2.75, 3.05) is 19.8 Å². The number of cyclic esters (lactones) is 1. The van der Waals surface area contributed by atoms with Gasteiger partial charge in [0.25, 0.3) is 11.5 Å². The lowest BCUT2D eigenvalue weighted by Gasteiger charge is -2.24. The molecule has 8 nitrogen and oxygen atoms in total. The van der Waals surface area contributed by atoms with E-state index in [2.05, 4.69) is 5.32 Å². The highest BCUT2D eigenvalue weighted by Crippen LogP contribution is 2.28. The minimum atomic E-state index is -1.19. The monoisotopic (exact) mass is 519 g/mol. The van der Waals surface area contributed by atoms with Crippen molar-refractivity contribution in [3.8, 4) is 5.75 Å². The van der Waals surface area contributed by atoms with Crippen LogP contribution in [0.25, 0.3) is 0 Å². The average Bonchev–Trinajstić information content (AvgIpc) is 3.07. The Balaban J connectivity index is 1.42. The number of thioether (sulfide) groups is 1. The number of esters is 1. The van der Waals surface area contributed by atoms with E-state index in [1.807, 2.05) is 32.0 Å². The minimum absolute atomic E-state index is 0.0889. The maximum Gasteiger partial charge on any atom is 0.363 e. The molecule has 2 aromatic rings. The highest BCUT2D eigenvalue weighted by Gasteiger charge is 2.35. The lowest BCUT2D eigenvalue weighted by Crippen LogP contribution is -2.31. The predicted octanol–water partition coefficient (Wildman–Crippen LogP) is 4.30. The number of hydrogen-bond acceptors (Lipinski definition) is 8. The summed E-state index contributed by atoms with van der Waals surface area (Å²) in [6.45, 7) is 4.52. The molecule has 0 saturated carbocycles. The van der Waals surface area contributed by atoms with Crippen molar-refractivity contribution < 1.29 is 33.3 Å². The van der Waals surface area contributed by atoms with E-state index in [0.717, 1.165) is 22.9 Å². The molecule has 2 aliphatic heterocycles. The van der Waals surface area contributed by atoms with Crippen LogP contribution in [0.15, 0.2) is 48.5 Å². The Morgan fingerprint density at radius 3 is 2.60 bits per heavy atom. The molecule has 0 aliphatic carbocycles. The van der Waals surface area contributed by atoms with Crippen molar-refractivity contribution in [1.82, 2.24) is 5.32 Å². The van der Waals surface area contributed by atoms with Gasteiger partial charge in [-0.3, -0.25) is 14.9 Å². The average molecular weight is 520 g/mol. The van der Waals surface area contributed by atoms with Gasteiger partial charge in [0.05, 0.1) is 18.5 Å². The number of carbonyl (C=O) groups excluding carboxylic acids is 3. The van der Waals surface area contributed by atoms with Gasteiger partial charge < -0.3 is 18.9 Å². The number of nitrogens with one attached hydrogen (secondary N) is 1. The molecule has 0 spiro atoms. The Hall–Kier alpha value is -2.59. The van der Waals surface area contributed by atoms with Gasteiger partial charge >= 0.3 is 5.97 Å². The van der Waals surface area contributed by atoms with E-state index in [4.69, 9.17) is 30.5 Å². The molecule has 3 unspecified atom stereocenters. The van der Waals surface area contributed by atoms with Crippen molar-refractivity contribution in [1.29, 1.82) is 0 Å². The van der Waals surface area contributed by atoms with Crippen molar-refractivity contribution in [2.24, 2.45) is 5.41 Å². The van der Waals surface area contributed by atoms with Crippen molar-refractivity contribution in [3.63, 3.8) is 0 Å². The van der Waals surface area contributed by atoms with E-state index in [1.165, 1.54) is 0 Å². The van der Waals surface area contributed by atoms with Crippen LogP contribution in [0.3, 0.4) is 0 Å². The quantitative estimate of drug-likeness (QED) is 0.515. The Bertz CT molecular complexity index is 1090. The maximum absolute atomic E-state index is 12.4. The summed E-state index contributed by atoms with van der Waals surface area (Å²) >= 11 is 7.17. The zero-order valence-electron chi connectivity index (χ0n) is 19.3. The van der Waals surface area contributed by atoms with E-state index >= 15 is 0 Å². The second-order valence-electron chi connectivity index (χ2n) is 9.14. The highest BCUT2D eigenvalue weighted by molar-refractivity contribution is 8.15. The van der Waals surface area contributed by atoms with Crippen LogP contribution in [0.2, 0.25) is 5.02 Å². The Kier molecular flexibility index (Phi) is 8.01. The first-order chi connectivity index (χ1) is 16.7. The molecule has 0 aromatic heterocycles. The number of benzene rings is 2.